The maximum absolute atomic E-state index is 2.46. The molecule has 0 heterocycles. The zero-order valence-corrected chi connectivity index (χ0v) is 10.7. The summed E-state index contributed by atoms with van der Waals surface area (Å²) in [4.78, 5) is 0. The molecule has 3 unspecified atom stereocenters. The summed E-state index contributed by atoms with van der Waals surface area (Å²) in [5.74, 6) is 2.13. The topological polar surface area (TPSA) is 0 Å². The lowest BCUT2D eigenvalue weighted by Gasteiger charge is -2.20. The summed E-state index contributed by atoms with van der Waals surface area (Å²) in [6, 6.07) is 0. The quantitative estimate of drug-likeness (QED) is 0.587. The van der Waals surface area contributed by atoms with Gasteiger partial charge in [0, 0.05) is 0 Å². The number of fused-ring (bicyclic) bond motifs is 1. The summed E-state index contributed by atoms with van der Waals surface area (Å²) in [6.45, 7) is 4.82. The first-order valence-electron chi connectivity index (χ1n) is 7.27. The molecular weight excluding hydrogens is 180 g/mol. The predicted octanol–water partition coefficient (Wildman–Crippen LogP) is 5.17. The summed E-state index contributed by atoms with van der Waals surface area (Å²) in [6.07, 6.45) is 15.1. The van der Waals surface area contributed by atoms with Crippen molar-refractivity contribution in [2.75, 3.05) is 0 Å². The molecular formula is C15H28. The Hall–Kier alpha value is 0. The zero-order chi connectivity index (χ0) is 10.7. The van der Waals surface area contributed by atoms with Gasteiger partial charge in [-0.05, 0) is 42.9 Å². The number of rotatable bonds is 2. The van der Waals surface area contributed by atoms with Gasteiger partial charge in [-0.25, -0.2) is 0 Å². The van der Waals surface area contributed by atoms with Gasteiger partial charge in [0.2, 0.25) is 0 Å². The highest BCUT2D eigenvalue weighted by Gasteiger charge is 2.51. The smallest absolute Gasteiger partial charge is 0.0266 e. The maximum atomic E-state index is 2.46. The number of hydrogen-bond donors (Lipinski definition) is 0. The Labute approximate surface area is 95.8 Å². The lowest BCUT2D eigenvalue weighted by Crippen LogP contribution is -2.07. The second kappa shape index (κ2) is 4.89. The van der Waals surface area contributed by atoms with Crippen molar-refractivity contribution in [1.29, 1.82) is 0 Å². The van der Waals surface area contributed by atoms with Crippen molar-refractivity contribution in [2.24, 2.45) is 17.3 Å². The van der Waals surface area contributed by atoms with E-state index in [1.807, 2.05) is 0 Å². The van der Waals surface area contributed by atoms with Gasteiger partial charge in [0.25, 0.3) is 0 Å². The van der Waals surface area contributed by atoms with Crippen LogP contribution in [-0.2, 0) is 0 Å². The Morgan fingerprint density at radius 2 is 1.80 bits per heavy atom. The third kappa shape index (κ3) is 2.77. The Kier molecular flexibility index (Phi) is 3.74. The minimum Gasteiger partial charge on any atom is -0.0654 e. The minimum absolute atomic E-state index is 0.839. The van der Waals surface area contributed by atoms with Crippen LogP contribution in [-0.4, -0.2) is 0 Å². The first kappa shape index (κ1) is 11.5. The van der Waals surface area contributed by atoms with Crippen LogP contribution in [0.1, 0.15) is 78.1 Å². The van der Waals surface area contributed by atoms with Crippen LogP contribution in [0.25, 0.3) is 0 Å². The van der Waals surface area contributed by atoms with Crippen molar-refractivity contribution >= 4 is 0 Å². The highest BCUT2D eigenvalue weighted by Crippen LogP contribution is 2.61. The summed E-state index contributed by atoms with van der Waals surface area (Å²) in [7, 11) is 0. The van der Waals surface area contributed by atoms with Crippen LogP contribution in [0.5, 0.6) is 0 Å². The van der Waals surface area contributed by atoms with Crippen molar-refractivity contribution in [3.05, 3.63) is 0 Å². The largest absolute Gasteiger partial charge is 0.0654 e. The fourth-order valence-corrected chi connectivity index (χ4v) is 3.91. The van der Waals surface area contributed by atoms with Gasteiger partial charge in [0.1, 0.15) is 0 Å². The van der Waals surface area contributed by atoms with Gasteiger partial charge in [0.15, 0.2) is 0 Å². The molecule has 0 radical (unpaired) electrons. The van der Waals surface area contributed by atoms with E-state index in [2.05, 4.69) is 13.8 Å². The molecule has 88 valence electrons. The molecule has 0 aromatic carbocycles. The van der Waals surface area contributed by atoms with Gasteiger partial charge in [0.05, 0.1) is 0 Å². The first-order valence-corrected chi connectivity index (χ1v) is 7.27. The summed E-state index contributed by atoms with van der Waals surface area (Å²) >= 11 is 0. The molecule has 0 saturated heterocycles. The van der Waals surface area contributed by atoms with Crippen LogP contribution in [0.4, 0.5) is 0 Å². The van der Waals surface area contributed by atoms with E-state index in [9.17, 15) is 0 Å². The fourth-order valence-electron chi connectivity index (χ4n) is 3.91. The van der Waals surface area contributed by atoms with E-state index >= 15 is 0 Å². The second-order valence-electron chi connectivity index (χ2n) is 6.30. The average molecular weight is 208 g/mol. The van der Waals surface area contributed by atoms with Gasteiger partial charge in [-0.3, -0.25) is 0 Å². The van der Waals surface area contributed by atoms with Crippen molar-refractivity contribution in [3.8, 4) is 0 Å². The molecule has 15 heavy (non-hydrogen) atoms. The Morgan fingerprint density at radius 1 is 1.07 bits per heavy atom. The Bertz CT molecular complexity index is 196. The predicted molar refractivity (Wildman–Crippen MR) is 66.9 cm³/mol. The summed E-state index contributed by atoms with van der Waals surface area (Å²) in [5.41, 5.74) is 0.839. The van der Waals surface area contributed by atoms with E-state index in [-0.39, 0.29) is 0 Å². The Balaban J connectivity index is 1.87. The van der Waals surface area contributed by atoms with Crippen LogP contribution in [0.3, 0.4) is 0 Å². The van der Waals surface area contributed by atoms with Crippen molar-refractivity contribution in [2.45, 2.75) is 78.1 Å². The highest BCUT2D eigenvalue weighted by atomic mass is 14.6. The molecule has 0 nitrogen and oxygen atoms in total. The Morgan fingerprint density at radius 3 is 2.60 bits per heavy atom. The lowest BCUT2D eigenvalue weighted by molar-refractivity contribution is 0.318. The van der Waals surface area contributed by atoms with Crippen LogP contribution in [0.15, 0.2) is 0 Å². The summed E-state index contributed by atoms with van der Waals surface area (Å²) < 4.78 is 0. The molecule has 2 rings (SSSR count). The van der Waals surface area contributed by atoms with E-state index in [0.717, 1.165) is 17.3 Å². The molecule has 0 spiro atoms. The molecule has 0 bridgehead atoms. The molecule has 0 amide bonds. The fraction of sp³-hybridized carbons (Fsp3) is 1.00. The van der Waals surface area contributed by atoms with Crippen molar-refractivity contribution < 1.29 is 0 Å². The normalized spacial score (nSPS) is 42.0. The van der Waals surface area contributed by atoms with Gasteiger partial charge in [-0.1, -0.05) is 52.4 Å². The lowest BCUT2D eigenvalue weighted by atomic mass is 9.85. The van der Waals surface area contributed by atoms with E-state index in [4.69, 9.17) is 0 Å². The first-order chi connectivity index (χ1) is 7.27. The third-order valence-electron chi connectivity index (χ3n) is 4.98. The second-order valence-corrected chi connectivity index (χ2v) is 6.30. The SMILES string of the molecule is CCCC12CCCC(C)CCCCC1C2. The molecule has 2 saturated carbocycles. The van der Waals surface area contributed by atoms with E-state index in [0.29, 0.717) is 0 Å². The van der Waals surface area contributed by atoms with E-state index < -0.39 is 0 Å². The minimum atomic E-state index is 0.839. The molecule has 2 aliphatic carbocycles. The molecule has 2 fully saturated rings. The van der Waals surface area contributed by atoms with E-state index in [1.165, 1.54) is 44.9 Å². The monoisotopic (exact) mass is 208 g/mol. The van der Waals surface area contributed by atoms with Crippen molar-refractivity contribution in [3.63, 3.8) is 0 Å². The number of hydrogen-bond acceptors (Lipinski definition) is 0. The molecule has 0 aromatic heterocycles. The van der Waals surface area contributed by atoms with Gasteiger partial charge >= 0.3 is 0 Å². The van der Waals surface area contributed by atoms with Crippen molar-refractivity contribution in [1.82, 2.24) is 0 Å². The van der Waals surface area contributed by atoms with Gasteiger partial charge in [-0.2, -0.15) is 0 Å². The van der Waals surface area contributed by atoms with Crippen LogP contribution in [0.2, 0.25) is 0 Å². The molecule has 0 aromatic rings. The molecule has 3 atom stereocenters. The summed E-state index contributed by atoms with van der Waals surface area (Å²) in [5, 5.41) is 0. The third-order valence-corrected chi connectivity index (χ3v) is 4.98. The maximum Gasteiger partial charge on any atom is -0.0266 e. The van der Waals surface area contributed by atoms with Gasteiger partial charge in [-0.15, -0.1) is 0 Å². The van der Waals surface area contributed by atoms with Crippen LogP contribution in [0, 0.1) is 17.3 Å². The molecule has 2 aliphatic rings. The van der Waals surface area contributed by atoms with E-state index in [1.54, 1.807) is 19.3 Å². The molecule has 0 heteroatoms. The van der Waals surface area contributed by atoms with Crippen LogP contribution >= 0.6 is 0 Å². The molecule has 0 aliphatic heterocycles. The zero-order valence-electron chi connectivity index (χ0n) is 10.7. The average Bonchev–Trinajstić information content (AvgIpc) is 2.88. The van der Waals surface area contributed by atoms with Crippen LogP contribution < -0.4 is 0 Å². The van der Waals surface area contributed by atoms with Gasteiger partial charge < -0.3 is 0 Å². The standard InChI is InChI=1S/C15H28/c1-3-10-15-11-6-8-13(2)7-4-5-9-14(15)12-15/h13-14H,3-12H2,1-2H3. The highest BCUT2D eigenvalue weighted by molar-refractivity contribution is 5.01. The molecule has 0 N–H and O–H groups in total.